The summed E-state index contributed by atoms with van der Waals surface area (Å²) in [5.74, 6) is -4.08. The fourth-order valence-corrected chi connectivity index (χ4v) is 6.72. The van der Waals surface area contributed by atoms with Crippen LogP contribution in [0.4, 0.5) is 4.79 Å². The van der Waals surface area contributed by atoms with E-state index in [4.69, 9.17) is 18.9 Å². The first-order chi connectivity index (χ1) is 27.5. The number of ether oxygens (including phenoxy) is 4. The summed E-state index contributed by atoms with van der Waals surface area (Å²) in [6, 6.07) is 33.8. The maximum Gasteiger partial charge on any atom is 0.417 e. The van der Waals surface area contributed by atoms with Crippen molar-refractivity contribution >= 4 is 35.1 Å². The van der Waals surface area contributed by atoms with Crippen molar-refractivity contribution < 1.29 is 48.0 Å². The molecule has 1 heterocycles. The Morgan fingerprint density at radius 1 is 0.877 bits per heavy atom. The summed E-state index contributed by atoms with van der Waals surface area (Å²) in [5, 5.41) is 9.78. The Kier molecular flexibility index (Phi) is 15.6. The SMILES string of the molecule is CC(=O)O[C@@H](C(=O)C=C(C(=O)CCCOC[C@@H](CO)OCc1ccccc1)c1cccc(C)c1)[C@@H](Cc1ccccc1)C(=O)N1C(=O)O[C@@H](c2ccccc2)[C@H]1C. The Labute approximate surface area is 333 Å². The lowest BCUT2D eigenvalue weighted by molar-refractivity contribution is -0.158. The third-order valence-corrected chi connectivity index (χ3v) is 9.63. The minimum Gasteiger partial charge on any atom is -0.453 e. The average molecular weight is 776 g/mol. The molecule has 1 aliphatic rings. The molecule has 0 aromatic heterocycles. The quantitative estimate of drug-likeness (QED) is 0.0579. The van der Waals surface area contributed by atoms with Crippen molar-refractivity contribution in [3.05, 3.63) is 149 Å². The number of amides is 2. The largest absolute Gasteiger partial charge is 0.453 e. The highest BCUT2D eigenvalue weighted by atomic mass is 16.6. The van der Waals surface area contributed by atoms with Gasteiger partial charge in [0.2, 0.25) is 5.91 Å². The molecule has 4 aromatic carbocycles. The number of esters is 1. The molecule has 298 valence electrons. The van der Waals surface area contributed by atoms with E-state index in [1.165, 1.54) is 0 Å². The fourth-order valence-electron chi connectivity index (χ4n) is 6.72. The Hall–Kier alpha value is -5.75. The number of carbonyl (C=O) groups excluding carboxylic acids is 5. The normalized spacial score (nSPS) is 17.0. The van der Waals surface area contributed by atoms with Crippen LogP contribution in [0.15, 0.2) is 121 Å². The standard InChI is InChI=1S/C46H49NO10/c1-31-15-13-22-37(25-31)39(41(50)23-14-24-54-30-38(28-48)55-29-35-18-9-5-10-19-35)27-42(51)44(56-33(3)49)40(26-34-16-7-4-8-17-34)45(52)47-32(2)43(57-46(47)53)36-20-11-6-12-21-36/h4-13,15-22,25,27,32,38,40,43-44,48H,14,23-24,26,28-30H2,1-3H3/t32-,38-,40-,43-,44-/m1/s1. The molecule has 4 aromatic rings. The van der Waals surface area contributed by atoms with Crippen LogP contribution in [0.1, 0.15) is 60.6 Å². The molecule has 11 heteroatoms. The van der Waals surface area contributed by atoms with Crippen LogP contribution in [-0.4, -0.2) is 77.6 Å². The summed E-state index contributed by atoms with van der Waals surface area (Å²) in [6.07, 6.45) is -2.50. The van der Waals surface area contributed by atoms with Crippen LogP contribution in [0.25, 0.3) is 5.57 Å². The number of nitrogens with zero attached hydrogens (tertiary/aromatic N) is 1. The lowest BCUT2D eigenvalue weighted by Crippen LogP contribution is -2.49. The van der Waals surface area contributed by atoms with Crippen LogP contribution >= 0.6 is 0 Å². The summed E-state index contributed by atoms with van der Waals surface area (Å²) in [4.78, 5) is 69.9. The van der Waals surface area contributed by atoms with E-state index in [0.717, 1.165) is 29.0 Å². The van der Waals surface area contributed by atoms with Crippen molar-refractivity contribution in [1.29, 1.82) is 0 Å². The van der Waals surface area contributed by atoms with Gasteiger partial charge in [-0.25, -0.2) is 9.69 Å². The maximum atomic E-state index is 14.6. The lowest BCUT2D eigenvalue weighted by Gasteiger charge is -2.29. The number of ketones is 2. The molecule has 5 rings (SSSR count). The number of rotatable bonds is 20. The molecule has 5 atom stereocenters. The summed E-state index contributed by atoms with van der Waals surface area (Å²) in [7, 11) is 0. The van der Waals surface area contributed by atoms with E-state index in [9.17, 15) is 29.1 Å². The zero-order valence-corrected chi connectivity index (χ0v) is 32.5. The Balaban J connectivity index is 1.37. The number of hydrogen-bond acceptors (Lipinski definition) is 10. The smallest absolute Gasteiger partial charge is 0.417 e. The van der Waals surface area contributed by atoms with Gasteiger partial charge >= 0.3 is 12.1 Å². The molecular formula is C46H49NO10. The fraction of sp³-hybridized carbons (Fsp3) is 0.326. The molecule has 0 spiro atoms. The molecule has 0 unspecified atom stereocenters. The van der Waals surface area contributed by atoms with Gasteiger partial charge in [-0.15, -0.1) is 0 Å². The predicted molar refractivity (Wildman–Crippen MR) is 212 cm³/mol. The van der Waals surface area contributed by atoms with Crippen LogP contribution < -0.4 is 0 Å². The number of Topliss-reactive ketones (excluding diaryl/α,β-unsaturated/α-hetero) is 1. The van der Waals surface area contributed by atoms with Crippen molar-refractivity contribution in [2.75, 3.05) is 19.8 Å². The average Bonchev–Trinajstić information content (AvgIpc) is 3.52. The van der Waals surface area contributed by atoms with Crippen LogP contribution in [0.3, 0.4) is 0 Å². The van der Waals surface area contributed by atoms with E-state index in [-0.39, 0.29) is 44.0 Å². The van der Waals surface area contributed by atoms with E-state index < -0.39 is 54.0 Å². The maximum absolute atomic E-state index is 14.6. The van der Waals surface area contributed by atoms with Gasteiger partial charge in [0, 0.05) is 25.5 Å². The summed E-state index contributed by atoms with van der Waals surface area (Å²) in [6.45, 7) is 5.05. The van der Waals surface area contributed by atoms with Gasteiger partial charge in [0.15, 0.2) is 17.7 Å². The molecule has 1 aliphatic heterocycles. The number of aryl methyl sites for hydroxylation is 1. The van der Waals surface area contributed by atoms with Gasteiger partial charge in [-0.1, -0.05) is 121 Å². The van der Waals surface area contributed by atoms with Crippen LogP contribution in [0.2, 0.25) is 0 Å². The van der Waals surface area contributed by atoms with Gasteiger partial charge in [-0.3, -0.25) is 19.2 Å². The van der Waals surface area contributed by atoms with Crippen molar-refractivity contribution in [3.63, 3.8) is 0 Å². The van der Waals surface area contributed by atoms with Gasteiger partial charge in [0.1, 0.15) is 12.2 Å². The molecule has 0 saturated carbocycles. The minimum atomic E-state index is -1.69. The number of imide groups is 1. The van der Waals surface area contributed by atoms with E-state index in [1.54, 1.807) is 79.7 Å². The number of cyclic esters (lactones) is 1. The van der Waals surface area contributed by atoms with Crippen LogP contribution in [-0.2, 0) is 51.2 Å². The van der Waals surface area contributed by atoms with E-state index >= 15 is 0 Å². The van der Waals surface area contributed by atoms with E-state index in [0.29, 0.717) is 29.7 Å². The van der Waals surface area contributed by atoms with Gasteiger partial charge in [-0.05, 0) is 55.0 Å². The highest BCUT2D eigenvalue weighted by Gasteiger charge is 2.48. The molecule has 1 N–H and O–H groups in total. The summed E-state index contributed by atoms with van der Waals surface area (Å²) < 4.78 is 22.8. The Morgan fingerprint density at radius 2 is 1.53 bits per heavy atom. The van der Waals surface area contributed by atoms with Crippen molar-refractivity contribution in [2.45, 2.75) is 71.0 Å². The third kappa shape index (κ3) is 11.9. The number of benzene rings is 4. The first kappa shape index (κ1) is 42.4. The van der Waals surface area contributed by atoms with Crippen LogP contribution in [0, 0.1) is 12.8 Å². The summed E-state index contributed by atoms with van der Waals surface area (Å²) in [5.41, 5.74) is 3.70. The second-order valence-corrected chi connectivity index (χ2v) is 14.0. The monoisotopic (exact) mass is 775 g/mol. The molecule has 1 saturated heterocycles. The highest BCUT2D eigenvalue weighted by molar-refractivity contribution is 6.25. The van der Waals surface area contributed by atoms with Gasteiger partial charge in [-0.2, -0.15) is 0 Å². The first-order valence-corrected chi connectivity index (χ1v) is 19.0. The number of aliphatic hydroxyl groups is 1. The van der Waals surface area contributed by atoms with Gasteiger partial charge in [0.25, 0.3) is 0 Å². The van der Waals surface area contributed by atoms with Gasteiger partial charge in [0.05, 0.1) is 31.8 Å². The molecule has 1 fully saturated rings. The Bertz CT molecular complexity index is 2000. The van der Waals surface area contributed by atoms with Crippen molar-refractivity contribution in [2.24, 2.45) is 5.92 Å². The molecule has 0 radical (unpaired) electrons. The molecule has 57 heavy (non-hydrogen) atoms. The zero-order chi connectivity index (χ0) is 40.7. The molecule has 11 nitrogen and oxygen atoms in total. The minimum absolute atomic E-state index is 0.00430. The molecular weight excluding hydrogens is 727 g/mol. The zero-order valence-electron chi connectivity index (χ0n) is 32.5. The van der Waals surface area contributed by atoms with Crippen molar-refractivity contribution in [3.8, 4) is 0 Å². The number of allylic oxidation sites excluding steroid dienone is 1. The van der Waals surface area contributed by atoms with Crippen molar-refractivity contribution in [1.82, 2.24) is 4.90 Å². The summed E-state index contributed by atoms with van der Waals surface area (Å²) >= 11 is 0. The van der Waals surface area contributed by atoms with E-state index in [2.05, 4.69) is 0 Å². The molecule has 0 bridgehead atoms. The second kappa shape index (κ2) is 21.0. The Morgan fingerprint density at radius 3 is 2.16 bits per heavy atom. The highest BCUT2D eigenvalue weighted by Crippen LogP contribution is 2.35. The van der Waals surface area contributed by atoms with Crippen LogP contribution in [0.5, 0.6) is 0 Å². The number of aliphatic hydroxyl groups excluding tert-OH is 1. The topological polar surface area (TPSA) is 146 Å². The third-order valence-electron chi connectivity index (χ3n) is 9.63. The number of hydrogen-bond donors (Lipinski definition) is 1. The predicted octanol–water partition coefficient (Wildman–Crippen LogP) is 6.79. The number of carbonyl (C=O) groups is 5. The lowest BCUT2D eigenvalue weighted by atomic mass is 9.87. The second-order valence-electron chi connectivity index (χ2n) is 14.0. The first-order valence-electron chi connectivity index (χ1n) is 19.0. The molecule has 0 aliphatic carbocycles. The molecule has 2 amide bonds. The van der Waals surface area contributed by atoms with Gasteiger partial charge < -0.3 is 24.1 Å². The van der Waals surface area contributed by atoms with E-state index in [1.807, 2.05) is 49.4 Å².